The first kappa shape index (κ1) is 24.0. The summed E-state index contributed by atoms with van der Waals surface area (Å²) in [6.07, 6.45) is 4.70. The SMILES string of the molecule is COc1cccc(C[C@H](NC(C)=O)C(=O)NC2CCN(C(=O)c3cccnc3)CC2)c1OC. The van der Waals surface area contributed by atoms with Gasteiger partial charge in [-0.3, -0.25) is 19.4 Å². The fourth-order valence-electron chi connectivity index (χ4n) is 3.99. The van der Waals surface area contributed by atoms with Crippen LogP contribution < -0.4 is 20.1 Å². The Morgan fingerprint density at radius 2 is 1.88 bits per heavy atom. The molecule has 1 aromatic carbocycles. The standard InChI is InChI=1S/C24H30N4O5/c1-16(29)26-20(14-17-6-4-8-21(32-2)22(17)33-3)23(30)27-19-9-12-28(13-10-19)24(31)18-7-5-11-25-15-18/h4-8,11,15,19-20H,9-10,12-14H2,1-3H3,(H,26,29)(H,27,30)/t20-/m0/s1. The zero-order valence-electron chi connectivity index (χ0n) is 19.2. The third-order valence-electron chi connectivity index (χ3n) is 5.64. The monoisotopic (exact) mass is 454 g/mol. The molecular weight excluding hydrogens is 424 g/mol. The first-order valence-corrected chi connectivity index (χ1v) is 10.9. The van der Waals surface area contributed by atoms with Gasteiger partial charge in [0.25, 0.3) is 5.91 Å². The van der Waals surface area contributed by atoms with Crippen molar-refractivity contribution in [3.05, 3.63) is 53.9 Å². The third-order valence-corrected chi connectivity index (χ3v) is 5.64. The molecule has 1 atom stereocenters. The minimum atomic E-state index is -0.765. The number of pyridine rings is 1. The number of carbonyl (C=O) groups is 3. The van der Waals surface area contributed by atoms with Crippen molar-refractivity contribution < 1.29 is 23.9 Å². The highest BCUT2D eigenvalue weighted by molar-refractivity contribution is 5.94. The van der Waals surface area contributed by atoms with Gasteiger partial charge in [0, 0.05) is 50.4 Å². The average Bonchev–Trinajstić information content (AvgIpc) is 2.83. The van der Waals surface area contributed by atoms with Crippen LogP contribution in [-0.2, 0) is 16.0 Å². The fourth-order valence-corrected chi connectivity index (χ4v) is 3.99. The molecule has 3 rings (SSSR count). The van der Waals surface area contributed by atoms with E-state index >= 15 is 0 Å². The number of likely N-dealkylation sites (tertiary alicyclic amines) is 1. The van der Waals surface area contributed by atoms with Crippen LogP contribution in [0.5, 0.6) is 11.5 Å². The van der Waals surface area contributed by atoms with Crippen LogP contribution >= 0.6 is 0 Å². The molecule has 0 saturated carbocycles. The van der Waals surface area contributed by atoms with E-state index in [1.165, 1.54) is 14.0 Å². The molecule has 33 heavy (non-hydrogen) atoms. The Hall–Kier alpha value is -3.62. The molecule has 1 aromatic heterocycles. The van der Waals surface area contributed by atoms with Gasteiger partial charge in [0.1, 0.15) is 6.04 Å². The zero-order valence-corrected chi connectivity index (χ0v) is 19.2. The first-order chi connectivity index (χ1) is 15.9. The van der Waals surface area contributed by atoms with Crippen LogP contribution in [0.2, 0.25) is 0 Å². The Morgan fingerprint density at radius 3 is 2.48 bits per heavy atom. The number of methoxy groups -OCH3 is 2. The number of ether oxygens (including phenoxy) is 2. The molecule has 1 aliphatic heterocycles. The van der Waals surface area contributed by atoms with Crippen molar-refractivity contribution in [2.75, 3.05) is 27.3 Å². The van der Waals surface area contributed by atoms with E-state index < -0.39 is 6.04 Å². The van der Waals surface area contributed by atoms with Crippen molar-refractivity contribution in [1.29, 1.82) is 0 Å². The largest absolute Gasteiger partial charge is 0.493 e. The zero-order chi connectivity index (χ0) is 23.8. The van der Waals surface area contributed by atoms with E-state index in [2.05, 4.69) is 15.6 Å². The van der Waals surface area contributed by atoms with E-state index in [4.69, 9.17) is 9.47 Å². The molecule has 2 heterocycles. The van der Waals surface area contributed by atoms with Crippen molar-refractivity contribution in [1.82, 2.24) is 20.5 Å². The lowest BCUT2D eigenvalue weighted by Crippen LogP contribution is -2.53. The van der Waals surface area contributed by atoms with Crippen LogP contribution in [0.4, 0.5) is 0 Å². The molecule has 1 saturated heterocycles. The van der Waals surface area contributed by atoms with E-state index in [0.29, 0.717) is 43.0 Å². The highest BCUT2D eigenvalue weighted by Gasteiger charge is 2.28. The van der Waals surface area contributed by atoms with Gasteiger partial charge in [0.2, 0.25) is 11.8 Å². The van der Waals surface area contributed by atoms with E-state index in [1.54, 1.807) is 42.6 Å². The molecule has 0 unspecified atom stereocenters. The predicted molar refractivity (Wildman–Crippen MR) is 122 cm³/mol. The molecule has 0 aliphatic carbocycles. The number of hydrogen-bond donors (Lipinski definition) is 2. The first-order valence-electron chi connectivity index (χ1n) is 10.9. The van der Waals surface area contributed by atoms with E-state index in [0.717, 1.165) is 5.56 Å². The summed E-state index contributed by atoms with van der Waals surface area (Å²) in [5.74, 6) is 0.461. The highest BCUT2D eigenvalue weighted by atomic mass is 16.5. The average molecular weight is 455 g/mol. The maximum Gasteiger partial charge on any atom is 0.255 e. The van der Waals surface area contributed by atoms with Crippen LogP contribution in [0.25, 0.3) is 0 Å². The normalized spacial score (nSPS) is 14.8. The predicted octanol–water partition coefficient (Wildman–Crippen LogP) is 1.57. The van der Waals surface area contributed by atoms with Gasteiger partial charge in [-0.2, -0.15) is 0 Å². The van der Waals surface area contributed by atoms with E-state index in [1.807, 2.05) is 12.1 Å². The Labute approximate surface area is 193 Å². The van der Waals surface area contributed by atoms with Gasteiger partial charge in [-0.15, -0.1) is 0 Å². The summed E-state index contributed by atoms with van der Waals surface area (Å²) in [7, 11) is 3.08. The number of para-hydroxylation sites is 1. The topological polar surface area (TPSA) is 110 Å². The van der Waals surface area contributed by atoms with Crippen molar-refractivity contribution in [3.63, 3.8) is 0 Å². The summed E-state index contributed by atoms with van der Waals surface area (Å²) >= 11 is 0. The molecule has 0 radical (unpaired) electrons. The molecule has 0 bridgehead atoms. The van der Waals surface area contributed by atoms with Gasteiger partial charge in [0.05, 0.1) is 19.8 Å². The van der Waals surface area contributed by atoms with Crippen LogP contribution in [0.3, 0.4) is 0 Å². The number of aromatic nitrogens is 1. The van der Waals surface area contributed by atoms with Crippen molar-refractivity contribution in [2.24, 2.45) is 0 Å². The van der Waals surface area contributed by atoms with Crippen LogP contribution in [0.1, 0.15) is 35.7 Å². The number of piperidine rings is 1. The summed E-state index contributed by atoms with van der Waals surface area (Å²) in [5.41, 5.74) is 1.31. The second kappa shape index (κ2) is 11.3. The van der Waals surface area contributed by atoms with E-state index in [-0.39, 0.29) is 30.2 Å². The maximum absolute atomic E-state index is 13.1. The lowest BCUT2D eigenvalue weighted by molar-refractivity contribution is -0.128. The fraction of sp³-hybridized carbons (Fsp3) is 0.417. The van der Waals surface area contributed by atoms with Gasteiger partial charge >= 0.3 is 0 Å². The van der Waals surface area contributed by atoms with Gasteiger partial charge < -0.3 is 25.0 Å². The number of benzene rings is 1. The summed E-state index contributed by atoms with van der Waals surface area (Å²) in [6, 6.07) is 8.06. The maximum atomic E-state index is 13.1. The molecule has 3 amide bonds. The summed E-state index contributed by atoms with van der Waals surface area (Å²) in [4.78, 5) is 43.2. The minimum absolute atomic E-state index is 0.0610. The molecule has 2 N–H and O–H groups in total. The van der Waals surface area contributed by atoms with Crippen molar-refractivity contribution in [3.8, 4) is 11.5 Å². The molecule has 2 aromatic rings. The number of nitrogens with zero attached hydrogens (tertiary/aromatic N) is 2. The Bertz CT molecular complexity index is 974. The van der Waals surface area contributed by atoms with Crippen LogP contribution in [0.15, 0.2) is 42.7 Å². The summed E-state index contributed by atoms with van der Waals surface area (Å²) in [6.45, 7) is 2.45. The number of rotatable bonds is 8. The number of carbonyl (C=O) groups excluding carboxylic acids is 3. The van der Waals surface area contributed by atoms with Crippen LogP contribution in [-0.4, -0.2) is 67.0 Å². The van der Waals surface area contributed by atoms with Crippen molar-refractivity contribution in [2.45, 2.75) is 38.3 Å². The van der Waals surface area contributed by atoms with Crippen LogP contribution in [0, 0.1) is 0 Å². The smallest absolute Gasteiger partial charge is 0.255 e. The number of nitrogens with one attached hydrogen (secondary N) is 2. The van der Waals surface area contributed by atoms with Gasteiger partial charge in [-0.05, 0) is 31.0 Å². The number of hydrogen-bond acceptors (Lipinski definition) is 6. The second-order valence-electron chi connectivity index (χ2n) is 7.93. The second-order valence-corrected chi connectivity index (χ2v) is 7.93. The molecule has 9 heteroatoms. The van der Waals surface area contributed by atoms with Gasteiger partial charge in [-0.25, -0.2) is 0 Å². The Kier molecular flexibility index (Phi) is 8.23. The van der Waals surface area contributed by atoms with E-state index in [9.17, 15) is 14.4 Å². The van der Waals surface area contributed by atoms with Crippen molar-refractivity contribution >= 4 is 17.7 Å². The molecule has 1 fully saturated rings. The lowest BCUT2D eigenvalue weighted by Gasteiger charge is -2.33. The Morgan fingerprint density at radius 1 is 1.12 bits per heavy atom. The quantitative estimate of drug-likeness (QED) is 0.627. The Balaban J connectivity index is 1.62. The summed E-state index contributed by atoms with van der Waals surface area (Å²) in [5, 5.41) is 5.77. The van der Waals surface area contributed by atoms with Gasteiger partial charge in [-0.1, -0.05) is 12.1 Å². The molecule has 0 spiro atoms. The number of amides is 3. The minimum Gasteiger partial charge on any atom is -0.493 e. The molecule has 1 aliphatic rings. The summed E-state index contributed by atoms with van der Waals surface area (Å²) < 4.78 is 10.8. The van der Waals surface area contributed by atoms with Gasteiger partial charge in [0.15, 0.2) is 11.5 Å². The highest BCUT2D eigenvalue weighted by Crippen LogP contribution is 2.31. The lowest BCUT2D eigenvalue weighted by atomic mass is 10.0. The molecule has 176 valence electrons. The molecule has 9 nitrogen and oxygen atoms in total. The third kappa shape index (κ3) is 6.21. The molecular formula is C24H30N4O5.